The van der Waals surface area contributed by atoms with Crippen LogP contribution in [0.5, 0.6) is 6.01 Å². The van der Waals surface area contributed by atoms with Gasteiger partial charge in [-0.2, -0.15) is 9.97 Å². The van der Waals surface area contributed by atoms with Gasteiger partial charge in [-0.05, 0) is 75.4 Å². The first-order valence-electron chi connectivity index (χ1n) is 14.8. The van der Waals surface area contributed by atoms with Gasteiger partial charge in [0.25, 0.3) is 5.91 Å². The highest BCUT2D eigenvalue weighted by Gasteiger charge is 2.35. The Hall–Kier alpha value is -4.10. The molecule has 2 atom stereocenters. The summed E-state index contributed by atoms with van der Waals surface area (Å²) in [6, 6.07) is 10.6. The van der Waals surface area contributed by atoms with Crippen LogP contribution in [0.4, 0.5) is 10.2 Å². The van der Waals surface area contributed by atoms with Gasteiger partial charge in [-0.1, -0.05) is 24.8 Å². The zero-order chi connectivity index (χ0) is 29.2. The number of nitrogens with zero attached hydrogens (tertiary/aromatic N) is 7. The van der Waals surface area contributed by atoms with Gasteiger partial charge in [-0.25, -0.2) is 15.9 Å². The summed E-state index contributed by atoms with van der Waals surface area (Å²) in [6.07, 6.45) is 6.71. The number of likely N-dealkylation sites (N-methyl/N-ethyl adjacent to an activating group) is 1. The van der Waals surface area contributed by atoms with Crippen LogP contribution in [-0.4, -0.2) is 89.1 Å². The maximum atomic E-state index is 13.8. The summed E-state index contributed by atoms with van der Waals surface area (Å²) < 4.78 is 20.0. The molecular formula is C32H36FN7O2. The lowest BCUT2D eigenvalue weighted by molar-refractivity contribution is -0.131. The molecule has 0 N–H and O–H groups in total. The van der Waals surface area contributed by atoms with E-state index in [1.807, 2.05) is 17.0 Å². The van der Waals surface area contributed by atoms with Gasteiger partial charge in [-0.3, -0.25) is 4.79 Å². The highest BCUT2D eigenvalue weighted by atomic mass is 19.1. The van der Waals surface area contributed by atoms with E-state index in [1.165, 1.54) is 28.9 Å². The number of benzene rings is 1. The van der Waals surface area contributed by atoms with E-state index in [9.17, 15) is 9.18 Å². The Morgan fingerprint density at radius 1 is 1.10 bits per heavy atom. The number of amides is 1. The summed E-state index contributed by atoms with van der Waals surface area (Å²) in [5, 5.41) is 0.769. The number of aryl methyl sites for hydroxylation is 1. The third-order valence-electron chi connectivity index (χ3n) is 8.84. The third kappa shape index (κ3) is 5.53. The molecule has 1 aliphatic carbocycles. The molecule has 0 unspecified atom stereocenters. The van der Waals surface area contributed by atoms with Gasteiger partial charge >= 0.3 is 6.01 Å². The summed E-state index contributed by atoms with van der Waals surface area (Å²) in [5.74, 6) is -1.14. The number of aromatic nitrogens is 3. The Balaban J connectivity index is 1.38. The van der Waals surface area contributed by atoms with Crippen molar-refractivity contribution < 1.29 is 13.9 Å². The van der Waals surface area contributed by atoms with Crippen molar-refractivity contribution in [3.8, 4) is 17.3 Å². The molecule has 1 amide bonds. The number of hydrogen-bond acceptors (Lipinski definition) is 7. The molecule has 6 rings (SSSR count). The van der Waals surface area contributed by atoms with E-state index in [2.05, 4.69) is 41.6 Å². The fraction of sp³-hybridized carbons (Fsp3) is 0.469. The van der Waals surface area contributed by atoms with Crippen LogP contribution < -0.4 is 9.64 Å². The van der Waals surface area contributed by atoms with Crippen molar-refractivity contribution in [1.82, 2.24) is 24.8 Å². The first-order valence-corrected chi connectivity index (χ1v) is 14.8. The number of fused-ring (bicyclic) bond motifs is 2. The van der Waals surface area contributed by atoms with Crippen molar-refractivity contribution in [3.63, 3.8) is 0 Å². The van der Waals surface area contributed by atoms with Crippen molar-refractivity contribution >= 4 is 22.8 Å². The van der Waals surface area contributed by atoms with Gasteiger partial charge in [0.05, 0.1) is 11.1 Å². The van der Waals surface area contributed by atoms with Gasteiger partial charge in [0, 0.05) is 31.2 Å². The van der Waals surface area contributed by atoms with Crippen molar-refractivity contribution in [2.45, 2.75) is 50.6 Å². The molecule has 2 saturated heterocycles. The van der Waals surface area contributed by atoms with Gasteiger partial charge in [-0.15, -0.1) is 0 Å². The fourth-order valence-electron chi connectivity index (χ4n) is 6.54. The van der Waals surface area contributed by atoms with Crippen LogP contribution in [0.3, 0.4) is 0 Å². The van der Waals surface area contributed by atoms with Crippen molar-refractivity contribution in [3.05, 3.63) is 65.3 Å². The molecule has 42 heavy (non-hydrogen) atoms. The van der Waals surface area contributed by atoms with E-state index in [0.29, 0.717) is 37.2 Å². The second-order valence-corrected chi connectivity index (χ2v) is 11.5. The Morgan fingerprint density at radius 2 is 1.95 bits per heavy atom. The second-order valence-electron chi connectivity index (χ2n) is 11.5. The summed E-state index contributed by atoms with van der Waals surface area (Å²) in [4.78, 5) is 36.4. The highest BCUT2D eigenvalue weighted by molar-refractivity contribution is 5.92. The molecule has 3 aliphatic rings. The predicted octanol–water partition coefficient (Wildman–Crippen LogP) is 4.46. The molecule has 218 valence electrons. The molecule has 10 heteroatoms. The van der Waals surface area contributed by atoms with E-state index >= 15 is 0 Å². The molecule has 2 fully saturated rings. The molecule has 0 spiro atoms. The van der Waals surface area contributed by atoms with Gasteiger partial charge in [0.15, 0.2) is 11.5 Å². The lowest BCUT2D eigenvalue weighted by Crippen LogP contribution is -2.56. The number of piperazine rings is 1. The lowest BCUT2D eigenvalue weighted by Gasteiger charge is -2.39. The number of halogens is 1. The maximum Gasteiger partial charge on any atom is 0.320 e. The number of carbonyl (C=O) groups is 1. The quantitative estimate of drug-likeness (QED) is 0.307. The van der Waals surface area contributed by atoms with Crippen LogP contribution in [0.2, 0.25) is 0 Å². The molecule has 9 nitrogen and oxygen atoms in total. The normalized spacial score (nSPS) is 20.8. The summed E-state index contributed by atoms with van der Waals surface area (Å²) in [7, 11) is 2.10. The van der Waals surface area contributed by atoms with Crippen LogP contribution in [0.15, 0.2) is 42.7 Å². The molecule has 2 aliphatic heterocycles. The summed E-state index contributed by atoms with van der Waals surface area (Å²) >= 11 is 0. The summed E-state index contributed by atoms with van der Waals surface area (Å²) in [5.41, 5.74) is 5.30. The van der Waals surface area contributed by atoms with Gasteiger partial charge in [0.2, 0.25) is 6.54 Å². The minimum Gasteiger partial charge on any atom is -0.462 e. The Morgan fingerprint density at radius 3 is 2.74 bits per heavy atom. The Labute approximate surface area is 245 Å². The Bertz CT molecular complexity index is 1550. The smallest absolute Gasteiger partial charge is 0.320 e. The topological polar surface area (TPSA) is 79.1 Å². The maximum absolute atomic E-state index is 13.8. The van der Waals surface area contributed by atoms with E-state index in [1.54, 1.807) is 0 Å². The van der Waals surface area contributed by atoms with E-state index in [4.69, 9.17) is 26.3 Å². The lowest BCUT2D eigenvalue weighted by atomic mass is 9.87. The van der Waals surface area contributed by atoms with Crippen LogP contribution >= 0.6 is 0 Å². The van der Waals surface area contributed by atoms with Crippen LogP contribution in [0.1, 0.15) is 36.8 Å². The summed E-state index contributed by atoms with van der Waals surface area (Å²) in [6.45, 7) is 13.2. The number of hydrogen-bond donors (Lipinski definition) is 0. The van der Waals surface area contributed by atoms with Gasteiger partial charge < -0.3 is 24.3 Å². The van der Waals surface area contributed by atoms with Crippen molar-refractivity contribution in [2.75, 3.05) is 51.3 Å². The molecule has 3 aromatic rings. The first-order chi connectivity index (χ1) is 20.4. The first kappa shape index (κ1) is 28.0. The van der Waals surface area contributed by atoms with E-state index < -0.39 is 17.8 Å². The number of ether oxygens (including phenoxy) is 1. The van der Waals surface area contributed by atoms with Crippen LogP contribution in [0.25, 0.3) is 27.1 Å². The van der Waals surface area contributed by atoms with Crippen molar-refractivity contribution in [1.29, 1.82) is 0 Å². The predicted molar refractivity (Wildman–Crippen MR) is 160 cm³/mol. The molecule has 4 heterocycles. The standard InChI is InChI=1S/C32H36FN7O2/c1-21(33)31(41)40-17-16-39(19-24(40)18-34-2)30-27-13-14-28(26-12-6-9-22-8-4-5-11-25(22)26)35-29(27)36-32(37-30)42-20-23-10-7-15-38(23)3/h6,9,12-14,23-24H,1,4-5,7-8,10-11,15-20H2,3H3/t23-,24-/m0/s1. The molecule has 1 aromatic carbocycles. The number of anilines is 1. The average Bonchev–Trinajstić information content (AvgIpc) is 3.43. The molecular weight excluding hydrogens is 533 g/mol. The molecule has 0 bridgehead atoms. The molecule has 2 aromatic heterocycles. The minimum absolute atomic E-state index is 0.0530. The zero-order valence-electron chi connectivity index (χ0n) is 24.1. The van der Waals surface area contributed by atoms with Crippen LogP contribution in [0, 0.1) is 6.57 Å². The molecule has 0 saturated carbocycles. The van der Waals surface area contributed by atoms with E-state index in [-0.39, 0.29) is 19.1 Å². The van der Waals surface area contributed by atoms with E-state index in [0.717, 1.165) is 48.9 Å². The molecule has 0 radical (unpaired) electrons. The number of carbonyl (C=O) groups excluding carboxylic acids is 1. The largest absolute Gasteiger partial charge is 0.462 e. The second kappa shape index (κ2) is 12.0. The SMILES string of the molecule is [C-]#[N+]C[C@H]1CN(c2nc(OC[C@@H]3CCCN3C)nc3nc(-c4cccc5c4CCCC5)ccc23)CCN1C(=O)C(=C)F. The fourth-order valence-corrected chi connectivity index (χ4v) is 6.54. The number of pyridine rings is 1. The van der Waals surface area contributed by atoms with Crippen LogP contribution in [-0.2, 0) is 17.6 Å². The average molecular weight is 570 g/mol. The highest BCUT2D eigenvalue weighted by Crippen LogP contribution is 2.34. The van der Waals surface area contributed by atoms with Gasteiger partial charge in [0.1, 0.15) is 18.5 Å². The monoisotopic (exact) mass is 569 g/mol. The van der Waals surface area contributed by atoms with Crippen molar-refractivity contribution in [2.24, 2.45) is 0 Å². The minimum atomic E-state index is -1.02. The zero-order valence-corrected chi connectivity index (χ0v) is 24.1. The number of likely N-dealkylation sites (tertiary alicyclic amines) is 1. The third-order valence-corrected chi connectivity index (χ3v) is 8.84. The number of rotatable bonds is 7. The Kier molecular flexibility index (Phi) is 8.02.